The van der Waals surface area contributed by atoms with Crippen LogP contribution in [0.15, 0.2) is 16.8 Å². The van der Waals surface area contributed by atoms with E-state index < -0.39 is 11.0 Å². The third-order valence-corrected chi connectivity index (χ3v) is 12.2. The Morgan fingerprint density at radius 3 is 2.73 bits per heavy atom. The number of piperidine rings is 1. The third kappa shape index (κ3) is 4.43. The Kier molecular flexibility index (Phi) is 6.79. The number of nitrogens with two attached hydrogens (primary N) is 1. The lowest BCUT2D eigenvalue weighted by atomic mass is 9.63. The second-order valence-corrected chi connectivity index (χ2v) is 15.3. The maximum atomic E-state index is 11.1. The highest BCUT2D eigenvalue weighted by Crippen LogP contribution is 2.55. The van der Waals surface area contributed by atoms with Crippen LogP contribution in [0.25, 0.3) is 22.6 Å². The minimum absolute atomic E-state index is 0.235. The first-order valence-electron chi connectivity index (χ1n) is 16.6. The fraction of sp³-hybridized carbons (Fsp3) is 0.588. The summed E-state index contributed by atoms with van der Waals surface area (Å²) in [6.45, 7) is 6.67. The number of nitriles is 1. The Morgan fingerprint density at radius 2 is 1.98 bits per heavy atom. The minimum atomic E-state index is -0.781. The summed E-state index contributed by atoms with van der Waals surface area (Å²) < 4.78 is 8.66. The zero-order valence-corrected chi connectivity index (χ0v) is 27.3. The number of β-amino-alcohol motifs (C(OH)–C–C–N with tert-alkyl or cyclic N) is 1. The molecule has 45 heavy (non-hydrogen) atoms. The van der Waals surface area contributed by atoms with Crippen molar-refractivity contribution in [1.82, 2.24) is 24.6 Å². The number of thiophene rings is 1. The SMILES string of the molecule is CC(C1CCCN1C)n1ccc2c(N3CCCC(C)(O)C3)nc(-c3noc4c3CCCC43CCCc4sc(N)c(C#N)c43)nc21. The first-order valence-corrected chi connectivity index (χ1v) is 17.4. The summed E-state index contributed by atoms with van der Waals surface area (Å²) in [6, 6.07) is 5.24. The zero-order valence-electron chi connectivity index (χ0n) is 26.5. The van der Waals surface area contributed by atoms with Crippen LogP contribution < -0.4 is 10.6 Å². The van der Waals surface area contributed by atoms with Crippen LogP contribution in [0.3, 0.4) is 0 Å². The lowest BCUT2D eigenvalue weighted by Crippen LogP contribution is -2.46. The molecule has 0 aromatic carbocycles. The van der Waals surface area contributed by atoms with Crippen LogP contribution in [-0.2, 0) is 18.3 Å². The lowest BCUT2D eigenvalue weighted by Gasteiger charge is -2.39. The molecule has 2 fully saturated rings. The summed E-state index contributed by atoms with van der Waals surface area (Å²) in [7, 11) is 2.22. The molecular formula is C34H42N8O2S. The van der Waals surface area contributed by atoms with E-state index in [4.69, 9.17) is 25.4 Å². The van der Waals surface area contributed by atoms with Gasteiger partial charge < -0.3 is 29.7 Å². The Hall–Kier alpha value is -3.46. The van der Waals surface area contributed by atoms with Crippen molar-refractivity contribution in [3.8, 4) is 17.6 Å². The Balaban J connectivity index is 1.30. The van der Waals surface area contributed by atoms with Gasteiger partial charge in [0.25, 0.3) is 0 Å². The third-order valence-electron chi connectivity index (χ3n) is 11.2. The number of aromatic nitrogens is 4. The van der Waals surface area contributed by atoms with Crippen LogP contribution in [0.4, 0.5) is 10.8 Å². The number of hydrogen-bond acceptors (Lipinski definition) is 10. The number of hydrogen-bond donors (Lipinski definition) is 2. The average Bonchev–Trinajstić information content (AvgIpc) is 3.81. The molecular weight excluding hydrogens is 584 g/mol. The van der Waals surface area contributed by atoms with Crippen molar-refractivity contribution in [2.75, 3.05) is 37.3 Å². The Labute approximate surface area is 267 Å². The highest BCUT2D eigenvalue weighted by Gasteiger charge is 2.49. The zero-order chi connectivity index (χ0) is 31.1. The molecule has 2 aliphatic heterocycles. The minimum Gasteiger partial charge on any atom is -0.389 e. The van der Waals surface area contributed by atoms with E-state index in [9.17, 15) is 10.4 Å². The molecule has 0 amide bonds. The predicted molar refractivity (Wildman–Crippen MR) is 176 cm³/mol. The number of likely N-dealkylation sites (N-methyl/N-ethyl adjacent to an activating group) is 1. The maximum absolute atomic E-state index is 11.1. The smallest absolute Gasteiger partial charge is 0.186 e. The van der Waals surface area contributed by atoms with Crippen molar-refractivity contribution in [3.05, 3.63) is 39.6 Å². The van der Waals surface area contributed by atoms with Gasteiger partial charge in [0.1, 0.15) is 22.5 Å². The Bertz CT molecular complexity index is 1830. The van der Waals surface area contributed by atoms with Crippen molar-refractivity contribution in [1.29, 1.82) is 5.26 Å². The second-order valence-electron chi connectivity index (χ2n) is 14.2. The normalized spacial score (nSPS) is 27.5. The standard InChI is InChI=1S/C34H42N8O2S/c1-20(24-9-6-15-40(24)3)42-17-11-22-31(41-16-7-12-33(2,43)19-41)37-30(38-32(22)42)27-21-8-4-13-34(28(21)44-39-27)14-5-10-25-26(34)23(18-35)29(36)45-25/h11,17,20,24,43H,4-10,12-16,19,36H2,1-3H3. The number of fused-ring (bicyclic) bond motifs is 5. The van der Waals surface area contributed by atoms with Crippen molar-refractivity contribution >= 4 is 33.2 Å². The predicted octanol–water partition coefficient (Wildman–Crippen LogP) is 5.57. The van der Waals surface area contributed by atoms with Crippen molar-refractivity contribution in [2.24, 2.45) is 0 Å². The molecule has 10 nitrogen and oxygen atoms in total. The molecule has 4 atom stereocenters. The van der Waals surface area contributed by atoms with Crippen molar-refractivity contribution in [3.63, 3.8) is 0 Å². The topological polar surface area (TPSA) is 133 Å². The molecule has 2 saturated heterocycles. The van der Waals surface area contributed by atoms with Gasteiger partial charge in [-0.15, -0.1) is 11.3 Å². The molecule has 1 spiro atoms. The molecule has 0 radical (unpaired) electrons. The molecule has 4 aromatic heterocycles. The van der Waals surface area contributed by atoms with Crippen LogP contribution in [0.1, 0.15) is 98.6 Å². The molecule has 4 aliphatic rings. The summed E-state index contributed by atoms with van der Waals surface area (Å²) in [5, 5.41) is 27.5. The number of aryl methyl sites for hydroxylation is 1. The average molecular weight is 627 g/mol. The largest absolute Gasteiger partial charge is 0.389 e. The Morgan fingerprint density at radius 1 is 1.16 bits per heavy atom. The quantitative estimate of drug-likeness (QED) is 0.298. The van der Waals surface area contributed by atoms with Crippen LogP contribution in [0.5, 0.6) is 0 Å². The van der Waals surface area contributed by atoms with Gasteiger partial charge in [0.05, 0.1) is 22.0 Å². The number of anilines is 2. The summed E-state index contributed by atoms with van der Waals surface area (Å²) in [5.74, 6) is 2.28. The van der Waals surface area contributed by atoms with Gasteiger partial charge >= 0.3 is 0 Å². The van der Waals surface area contributed by atoms with Crippen LogP contribution in [0, 0.1) is 11.3 Å². The molecule has 4 unspecified atom stereocenters. The lowest BCUT2D eigenvalue weighted by molar-refractivity contribution is 0.0448. The molecule has 6 heterocycles. The van der Waals surface area contributed by atoms with E-state index in [0.29, 0.717) is 34.7 Å². The fourth-order valence-corrected chi connectivity index (χ4v) is 10.2. The monoisotopic (exact) mass is 626 g/mol. The van der Waals surface area contributed by atoms with Gasteiger partial charge in [-0.25, -0.2) is 9.97 Å². The molecule has 236 valence electrons. The maximum Gasteiger partial charge on any atom is 0.186 e. The van der Waals surface area contributed by atoms with Gasteiger partial charge in [0.2, 0.25) is 0 Å². The molecule has 3 N–H and O–H groups in total. The van der Waals surface area contributed by atoms with E-state index in [1.807, 2.05) is 6.92 Å². The first kappa shape index (κ1) is 29.0. The fourth-order valence-electron chi connectivity index (χ4n) is 9.04. The van der Waals surface area contributed by atoms with E-state index in [2.05, 4.69) is 46.7 Å². The number of nitrogen functional groups attached to an aromatic ring is 1. The van der Waals surface area contributed by atoms with E-state index in [1.165, 1.54) is 11.3 Å². The van der Waals surface area contributed by atoms with Gasteiger partial charge in [-0.05, 0) is 103 Å². The summed E-state index contributed by atoms with van der Waals surface area (Å²) in [4.78, 5) is 16.4. The highest BCUT2D eigenvalue weighted by molar-refractivity contribution is 7.16. The first-order chi connectivity index (χ1) is 21.7. The van der Waals surface area contributed by atoms with Crippen LogP contribution in [0.2, 0.25) is 0 Å². The van der Waals surface area contributed by atoms with Crippen LogP contribution >= 0.6 is 11.3 Å². The number of likely N-dealkylation sites (tertiary alicyclic amines) is 1. The molecule has 11 heteroatoms. The molecule has 4 aromatic rings. The van der Waals surface area contributed by atoms with Gasteiger partial charge in [-0.3, -0.25) is 0 Å². The number of aliphatic hydroxyl groups is 1. The molecule has 2 aliphatic carbocycles. The van der Waals surface area contributed by atoms with E-state index >= 15 is 0 Å². The molecule has 0 saturated carbocycles. The second kappa shape index (κ2) is 10.5. The van der Waals surface area contributed by atoms with Gasteiger partial charge in [0.15, 0.2) is 17.3 Å². The van der Waals surface area contributed by atoms with E-state index in [-0.39, 0.29) is 6.04 Å². The van der Waals surface area contributed by atoms with Gasteiger partial charge in [0, 0.05) is 41.8 Å². The van der Waals surface area contributed by atoms with Gasteiger partial charge in [-0.1, -0.05) is 5.16 Å². The van der Waals surface area contributed by atoms with E-state index in [1.54, 1.807) is 11.3 Å². The molecule has 0 bridgehead atoms. The van der Waals surface area contributed by atoms with Crippen molar-refractivity contribution < 1.29 is 9.63 Å². The summed E-state index contributed by atoms with van der Waals surface area (Å²) in [5.41, 5.74) is 9.53. The number of rotatable bonds is 4. The number of nitrogens with zero attached hydrogens (tertiary/aromatic N) is 7. The van der Waals surface area contributed by atoms with Crippen LogP contribution in [-0.4, -0.2) is 68.0 Å². The van der Waals surface area contributed by atoms with E-state index in [0.717, 1.165) is 105 Å². The van der Waals surface area contributed by atoms with Crippen molar-refractivity contribution in [2.45, 2.75) is 101 Å². The summed E-state index contributed by atoms with van der Waals surface area (Å²) in [6.07, 6.45) is 11.8. The summed E-state index contributed by atoms with van der Waals surface area (Å²) >= 11 is 1.56. The highest BCUT2D eigenvalue weighted by atomic mass is 32.1. The molecule has 8 rings (SSSR count). The van der Waals surface area contributed by atoms with Gasteiger partial charge in [-0.2, -0.15) is 5.26 Å².